The maximum atomic E-state index is 11.0. The Morgan fingerprint density at radius 1 is 1.17 bits per heavy atom. The maximum absolute atomic E-state index is 11.0. The second kappa shape index (κ2) is 7.41. The number of nitro groups is 1. The summed E-state index contributed by atoms with van der Waals surface area (Å²) in [6.45, 7) is 2.02. The second-order valence-electron chi connectivity index (χ2n) is 4.99. The SMILES string of the molecule is Cc1ccccc1Nc1nnc(SCc2ccccc2[N+](=O)[O-])s1. The molecule has 1 heterocycles. The van der Waals surface area contributed by atoms with Crippen molar-refractivity contribution in [1.82, 2.24) is 10.2 Å². The molecule has 6 nitrogen and oxygen atoms in total. The zero-order valence-corrected chi connectivity index (χ0v) is 14.4. The van der Waals surface area contributed by atoms with Gasteiger partial charge in [-0.1, -0.05) is 59.5 Å². The normalized spacial score (nSPS) is 10.5. The van der Waals surface area contributed by atoms with E-state index in [1.165, 1.54) is 29.2 Å². The third-order valence-electron chi connectivity index (χ3n) is 3.33. The van der Waals surface area contributed by atoms with Gasteiger partial charge in [0.05, 0.1) is 4.92 Å². The molecule has 0 radical (unpaired) electrons. The molecule has 0 fully saturated rings. The molecular weight excluding hydrogens is 344 g/mol. The van der Waals surface area contributed by atoms with Gasteiger partial charge in [-0.2, -0.15) is 0 Å². The minimum atomic E-state index is -0.360. The van der Waals surface area contributed by atoms with Crippen molar-refractivity contribution in [2.75, 3.05) is 5.32 Å². The van der Waals surface area contributed by atoms with Crippen LogP contribution >= 0.6 is 23.1 Å². The Balaban J connectivity index is 1.67. The van der Waals surface area contributed by atoms with Crippen LogP contribution in [0.4, 0.5) is 16.5 Å². The topological polar surface area (TPSA) is 81.0 Å². The molecule has 3 aromatic rings. The molecule has 0 aliphatic heterocycles. The molecule has 122 valence electrons. The van der Waals surface area contributed by atoms with Gasteiger partial charge in [-0.25, -0.2) is 0 Å². The lowest BCUT2D eigenvalue weighted by molar-refractivity contribution is -0.385. The summed E-state index contributed by atoms with van der Waals surface area (Å²) in [4.78, 5) is 10.7. The summed E-state index contributed by atoms with van der Waals surface area (Å²) in [5, 5.41) is 23.2. The van der Waals surface area contributed by atoms with Gasteiger partial charge in [-0.05, 0) is 18.6 Å². The molecule has 0 spiro atoms. The molecule has 24 heavy (non-hydrogen) atoms. The summed E-state index contributed by atoms with van der Waals surface area (Å²) in [5.41, 5.74) is 2.93. The Morgan fingerprint density at radius 3 is 2.71 bits per heavy atom. The predicted octanol–water partition coefficient (Wildman–Crippen LogP) is 4.79. The summed E-state index contributed by atoms with van der Waals surface area (Å²) < 4.78 is 0.768. The lowest BCUT2D eigenvalue weighted by Crippen LogP contribution is -1.93. The number of thioether (sulfide) groups is 1. The monoisotopic (exact) mass is 358 g/mol. The first kappa shape index (κ1) is 16.4. The molecule has 8 heteroatoms. The van der Waals surface area contributed by atoms with E-state index in [0.717, 1.165) is 15.6 Å². The van der Waals surface area contributed by atoms with Crippen LogP contribution in [0.3, 0.4) is 0 Å². The number of anilines is 2. The lowest BCUT2D eigenvalue weighted by atomic mass is 10.2. The number of hydrogen-bond donors (Lipinski definition) is 1. The molecule has 0 saturated carbocycles. The van der Waals surface area contributed by atoms with Gasteiger partial charge >= 0.3 is 0 Å². The number of aryl methyl sites for hydroxylation is 1. The Morgan fingerprint density at radius 2 is 1.92 bits per heavy atom. The Kier molecular flexibility index (Phi) is 5.07. The van der Waals surface area contributed by atoms with Gasteiger partial charge in [0, 0.05) is 23.1 Å². The fourth-order valence-corrected chi connectivity index (χ4v) is 3.86. The first-order valence-corrected chi connectivity index (χ1v) is 8.95. The summed E-state index contributed by atoms with van der Waals surface area (Å²) in [5.74, 6) is 0.482. The second-order valence-corrected chi connectivity index (χ2v) is 7.19. The zero-order chi connectivity index (χ0) is 16.9. The number of aromatic nitrogens is 2. The number of nitrogens with one attached hydrogen (secondary N) is 1. The third-order valence-corrected chi connectivity index (χ3v) is 5.35. The van der Waals surface area contributed by atoms with E-state index < -0.39 is 0 Å². The van der Waals surface area contributed by atoms with E-state index in [1.807, 2.05) is 31.2 Å². The highest BCUT2D eigenvalue weighted by Gasteiger charge is 2.14. The van der Waals surface area contributed by atoms with Crippen LogP contribution < -0.4 is 5.32 Å². The van der Waals surface area contributed by atoms with Gasteiger partial charge in [0.15, 0.2) is 4.34 Å². The van der Waals surface area contributed by atoms with Crippen LogP contribution in [-0.4, -0.2) is 15.1 Å². The Bertz CT molecular complexity index is 867. The summed E-state index contributed by atoms with van der Waals surface area (Å²) >= 11 is 2.87. The van der Waals surface area contributed by atoms with Crippen LogP contribution in [0, 0.1) is 17.0 Å². The van der Waals surface area contributed by atoms with Crippen LogP contribution in [0.15, 0.2) is 52.9 Å². The highest BCUT2D eigenvalue weighted by Crippen LogP contribution is 2.32. The fourth-order valence-electron chi connectivity index (χ4n) is 2.10. The van der Waals surface area contributed by atoms with Crippen LogP contribution in [-0.2, 0) is 5.75 Å². The van der Waals surface area contributed by atoms with Gasteiger partial charge in [-0.3, -0.25) is 10.1 Å². The van der Waals surface area contributed by atoms with Crippen molar-refractivity contribution in [3.63, 3.8) is 0 Å². The van der Waals surface area contributed by atoms with E-state index in [2.05, 4.69) is 15.5 Å². The van der Waals surface area contributed by atoms with Gasteiger partial charge in [0.2, 0.25) is 5.13 Å². The molecule has 0 saturated heterocycles. The van der Waals surface area contributed by atoms with Crippen molar-refractivity contribution < 1.29 is 4.92 Å². The molecule has 0 bridgehead atoms. The van der Waals surface area contributed by atoms with Crippen molar-refractivity contribution in [1.29, 1.82) is 0 Å². The number of para-hydroxylation sites is 2. The first-order valence-electron chi connectivity index (χ1n) is 7.15. The summed E-state index contributed by atoms with van der Waals surface area (Å²) in [7, 11) is 0. The van der Waals surface area contributed by atoms with Crippen molar-refractivity contribution in [2.24, 2.45) is 0 Å². The van der Waals surface area contributed by atoms with E-state index in [4.69, 9.17) is 0 Å². The molecule has 0 atom stereocenters. The highest BCUT2D eigenvalue weighted by atomic mass is 32.2. The van der Waals surface area contributed by atoms with Crippen molar-refractivity contribution in [2.45, 2.75) is 17.0 Å². The number of nitrogens with zero attached hydrogens (tertiary/aromatic N) is 3. The molecule has 1 aromatic heterocycles. The standard InChI is InChI=1S/C16H14N4O2S2/c1-11-6-2-4-8-13(11)17-15-18-19-16(24-15)23-10-12-7-3-5-9-14(12)20(21)22/h2-9H,10H2,1H3,(H,17,18). The van der Waals surface area contributed by atoms with Crippen molar-refractivity contribution >= 4 is 39.6 Å². The molecule has 0 unspecified atom stereocenters. The predicted molar refractivity (Wildman–Crippen MR) is 97.0 cm³/mol. The van der Waals surface area contributed by atoms with E-state index in [-0.39, 0.29) is 10.6 Å². The molecule has 2 aromatic carbocycles. The van der Waals surface area contributed by atoms with Gasteiger partial charge < -0.3 is 5.32 Å². The van der Waals surface area contributed by atoms with Crippen molar-refractivity contribution in [3.8, 4) is 0 Å². The fraction of sp³-hybridized carbons (Fsp3) is 0.125. The Labute approximate surface area is 147 Å². The van der Waals surface area contributed by atoms with Crippen LogP contribution in [0.25, 0.3) is 0 Å². The summed E-state index contributed by atoms with van der Waals surface area (Å²) in [6.07, 6.45) is 0. The lowest BCUT2D eigenvalue weighted by Gasteiger charge is -2.04. The summed E-state index contributed by atoms with van der Waals surface area (Å²) in [6, 6.07) is 14.7. The molecule has 1 N–H and O–H groups in total. The zero-order valence-electron chi connectivity index (χ0n) is 12.8. The van der Waals surface area contributed by atoms with Gasteiger partial charge in [0.1, 0.15) is 0 Å². The van der Waals surface area contributed by atoms with E-state index in [1.54, 1.807) is 18.2 Å². The van der Waals surface area contributed by atoms with Gasteiger partial charge in [0.25, 0.3) is 5.69 Å². The third kappa shape index (κ3) is 3.90. The number of hydrogen-bond acceptors (Lipinski definition) is 7. The minimum absolute atomic E-state index is 0.132. The Hall–Kier alpha value is -2.45. The first-order chi connectivity index (χ1) is 11.6. The highest BCUT2D eigenvalue weighted by molar-refractivity contribution is 8.00. The average Bonchev–Trinajstić information content (AvgIpc) is 3.03. The van der Waals surface area contributed by atoms with Gasteiger partial charge in [-0.15, -0.1) is 10.2 Å². The molecule has 3 rings (SSSR count). The molecular formula is C16H14N4O2S2. The van der Waals surface area contributed by atoms with E-state index >= 15 is 0 Å². The van der Waals surface area contributed by atoms with Crippen LogP contribution in [0.2, 0.25) is 0 Å². The number of benzene rings is 2. The van der Waals surface area contributed by atoms with Crippen LogP contribution in [0.5, 0.6) is 0 Å². The molecule has 0 aliphatic rings. The largest absolute Gasteiger partial charge is 0.330 e. The quantitative estimate of drug-likeness (QED) is 0.387. The molecule has 0 amide bonds. The number of nitro benzene ring substituents is 1. The minimum Gasteiger partial charge on any atom is -0.330 e. The van der Waals surface area contributed by atoms with Crippen LogP contribution in [0.1, 0.15) is 11.1 Å². The average molecular weight is 358 g/mol. The smallest absolute Gasteiger partial charge is 0.273 e. The molecule has 0 aliphatic carbocycles. The van der Waals surface area contributed by atoms with Crippen molar-refractivity contribution in [3.05, 3.63) is 69.8 Å². The van der Waals surface area contributed by atoms with E-state index in [9.17, 15) is 10.1 Å². The maximum Gasteiger partial charge on any atom is 0.273 e. The van der Waals surface area contributed by atoms with E-state index in [0.29, 0.717) is 16.4 Å². The number of rotatable bonds is 6.